The van der Waals surface area contributed by atoms with Crippen LogP contribution in [0.25, 0.3) is 22.2 Å². The molecule has 5 heterocycles. The van der Waals surface area contributed by atoms with Crippen molar-refractivity contribution in [3.8, 4) is 11.8 Å². The van der Waals surface area contributed by atoms with E-state index in [-0.39, 0.29) is 44.5 Å². The molecule has 35 heavy (non-hydrogen) atoms. The van der Waals surface area contributed by atoms with Crippen LogP contribution in [0.4, 0.5) is 10.2 Å². The number of para-hydroxylation sites is 1. The molecule has 1 aromatic carbocycles. The second kappa shape index (κ2) is 9.09. The van der Waals surface area contributed by atoms with Gasteiger partial charge in [-0.2, -0.15) is 37.4 Å². The Balaban J connectivity index is 0.00000144. The Morgan fingerprint density at radius 2 is 1.94 bits per heavy atom. The Morgan fingerprint density at radius 1 is 1.17 bits per heavy atom. The number of halogens is 1. The predicted octanol–water partition coefficient (Wildman–Crippen LogP) is 3.19. The lowest BCUT2D eigenvalue weighted by atomic mass is 9.89. The lowest BCUT2D eigenvalue weighted by molar-refractivity contribution is 0.301. The van der Waals surface area contributed by atoms with Gasteiger partial charge in [-0.1, -0.05) is 25.1 Å². The molecule has 0 saturated carbocycles. The number of hydrogen-bond acceptors (Lipinski definition) is 6. The zero-order valence-electron chi connectivity index (χ0n) is 18.5. The van der Waals surface area contributed by atoms with Gasteiger partial charge in [0.1, 0.15) is 23.9 Å². The Labute approximate surface area is 212 Å². The van der Waals surface area contributed by atoms with Gasteiger partial charge in [-0.3, -0.25) is 9.36 Å². The lowest BCUT2D eigenvalue weighted by Crippen LogP contribution is -2.51. The monoisotopic (exact) mass is 508 g/mol. The first-order chi connectivity index (χ1) is 16.1. The van der Waals surface area contributed by atoms with E-state index >= 15 is 0 Å². The zero-order chi connectivity index (χ0) is 22.7. The average Bonchev–Trinajstić information content (AvgIpc) is 3.41. The molecule has 4 aromatic heterocycles. The van der Waals surface area contributed by atoms with Crippen LogP contribution < -0.4 is 10.5 Å². The van der Waals surface area contributed by atoms with Gasteiger partial charge in [0.05, 0.1) is 22.7 Å². The lowest BCUT2D eigenvalue weighted by Gasteiger charge is -2.47. The molecule has 0 bridgehead atoms. The number of anilines is 1. The number of nitrogens with one attached hydrogen (secondary N) is 1. The summed E-state index contributed by atoms with van der Waals surface area (Å²) in [6, 6.07) is 12.2. The minimum atomic E-state index is -0.620. The normalized spacial score (nSPS) is 16.9. The van der Waals surface area contributed by atoms with Crippen molar-refractivity contribution < 1.29 is 4.39 Å². The zero-order valence-corrected chi connectivity index (χ0v) is 20.5. The highest BCUT2D eigenvalue weighted by Crippen LogP contribution is 2.43. The highest BCUT2D eigenvalue weighted by Gasteiger charge is 2.42. The molecule has 0 amide bonds. The van der Waals surface area contributed by atoms with E-state index in [1.807, 2.05) is 23.1 Å². The second-order valence-electron chi connectivity index (χ2n) is 8.10. The van der Waals surface area contributed by atoms with Gasteiger partial charge >= 0.3 is 0 Å². The summed E-state index contributed by atoms with van der Waals surface area (Å²) in [6.45, 7) is 2.71. The summed E-state index contributed by atoms with van der Waals surface area (Å²) in [4.78, 5) is 27.2. The van der Waals surface area contributed by atoms with Crippen molar-refractivity contribution in [3.63, 3.8) is 0 Å². The summed E-state index contributed by atoms with van der Waals surface area (Å²) < 4.78 is 17.2. The van der Waals surface area contributed by atoms with Crippen molar-refractivity contribution in [1.82, 2.24) is 29.1 Å². The fourth-order valence-corrected chi connectivity index (χ4v) is 4.62. The van der Waals surface area contributed by atoms with Crippen LogP contribution in [0.3, 0.4) is 0 Å². The maximum Gasteiger partial charge on any atom is 0.285 e. The van der Waals surface area contributed by atoms with Gasteiger partial charge in [0.15, 0.2) is 17.2 Å². The molecule has 0 radical (unpaired) electrons. The SMILES string of the molecule is C[C@H]1CN(c2ncnc3[nH]cc(C#N)c23)[C@@H]1c1nn2ccc(F)c2c(=O)n1-c1ccccc1.S.S. The Bertz CT molecular complexity index is 1640. The highest BCUT2D eigenvalue weighted by molar-refractivity contribution is 7.59. The molecule has 0 unspecified atom stereocenters. The number of benzene rings is 1. The Hall–Kier alpha value is -3.82. The molecule has 178 valence electrons. The summed E-state index contributed by atoms with van der Waals surface area (Å²) in [5.74, 6) is 0.562. The van der Waals surface area contributed by atoms with Crippen LogP contribution in [-0.4, -0.2) is 35.7 Å². The Morgan fingerprint density at radius 3 is 2.66 bits per heavy atom. The smallest absolute Gasteiger partial charge is 0.285 e. The number of aromatic amines is 1. The van der Waals surface area contributed by atoms with E-state index in [2.05, 4.69) is 33.0 Å². The van der Waals surface area contributed by atoms with Crippen LogP contribution in [0, 0.1) is 23.1 Å². The van der Waals surface area contributed by atoms with Crippen molar-refractivity contribution in [2.45, 2.75) is 13.0 Å². The van der Waals surface area contributed by atoms with E-state index in [1.54, 1.807) is 18.3 Å². The molecule has 2 atom stereocenters. The van der Waals surface area contributed by atoms with Crippen LogP contribution in [0.5, 0.6) is 0 Å². The molecule has 1 aliphatic rings. The highest BCUT2D eigenvalue weighted by atomic mass is 32.1. The van der Waals surface area contributed by atoms with Crippen LogP contribution in [0.1, 0.15) is 24.4 Å². The molecule has 1 fully saturated rings. The number of H-pyrrole nitrogens is 1. The third-order valence-corrected chi connectivity index (χ3v) is 6.14. The molecule has 9 nitrogen and oxygen atoms in total. The first-order valence-electron chi connectivity index (χ1n) is 10.4. The van der Waals surface area contributed by atoms with Crippen LogP contribution in [0.2, 0.25) is 0 Å². The summed E-state index contributed by atoms with van der Waals surface area (Å²) in [6.07, 6.45) is 4.49. The van der Waals surface area contributed by atoms with Crippen molar-refractivity contribution in [3.05, 3.63) is 82.7 Å². The summed E-state index contributed by atoms with van der Waals surface area (Å²) >= 11 is 0. The quantitative estimate of drug-likeness (QED) is 0.401. The third kappa shape index (κ3) is 3.55. The molecule has 1 N–H and O–H groups in total. The number of hydrogen-bond donors (Lipinski definition) is 1. The number of nitrogens with zero attached hydrogens (tertiary/aromatic N) is 7. The van der Waals surface area contributed by atoms with E-state index in [0.717, 1.165) is 0 Å². The van der Waals surface area contributed by atoms with Crippen LogP contribution >= 0.6 is 27.0 Å². The van der Waals surface area contributed by atoms with E-state index in [9.17, 15) is 14.4 Å². The molecule has 1 saturated heterocycles. The van der Waals surface area contributed by atoms with Crippen molar-refractivity contribution >= 4 is 49.4 Å². The van der Waals surface area contributed by atoms with E-state index in [0.29, 0.717) is 40.5 Å². The van der Waals surface area contributed by atoms with Gasteiger partial charge in [-0.25, -0.2) is 18.9 Å². The first-order valence-corrected chi connectivity index (χ1v) is 10.4. The van der Waals surface area contributed by atoms with Crippen molar-refractivity contribution in [2.24, 2.45) is 5.92 Å². The molecular formula is C23H21FN8OS2. The molecule has 5 aromatic rings. The number of fused-ring (bicyclic) bond motifs is 2. The van der Waals surface area contributed by atoms with Crippen molar-refractivity contribution in [2.75, 3.05) is 11.4 Å². The average molecular weight is 509 g/mol. The Kier molecular flexibility index (Phi) is 6.31. The van der Waals surface area contributed by atoms with Crippen molar-refractivity contribution in [1.29, 1.82) is 5.26 Å². The van der Waals surface area contributed by atoms with Gasteiger partial charge in [0, 0.05) is 24.9 Å². The number of rotatable bonds is 3. The molecule has 0 spiro atoms. The minimum absolute atomic E-state index is 0. The standard InChI is InChI=1S/C23H17FN8O.2H2S/c1-13-11-30(21-17-14(9-25)10-26-20(17)27-12-28-21)18(13)22-29-31-8-7-16(24)19(31)23(33)32(22)15-5-3-2-4-6-15;;/h2-8,10,12-13,18H,11H2,1H3,(H,26,27,28);2*1H2/t13-,18-;;/m0../s1. The molecule has 1 aliphatic heterocycles. The van der Waals surface area contributed by atoms with Gasteiger partial charge in [0.2, 0.25) is 0 Å². The van der Waals surface area contributed by atoms with E-state index in [4.69, 9.17) is 0 Å². The largest absolute Gasteiger partial charge is 0.345 e. The number of nitriles is 1. The maximum absolute atomic E-state index is 14.4. The van der Waals surface area contributed by atoms with E-state index in [1.165, 1.54) is 27.7 Å². The third-order valence-electron chi connectivity index (χ3n) is 6.14. The number of aromatic nitrogens is 6. The topological polar surface area (TPSA) is 108 Å². The molecule has 0 aliphatic carbocycles. The molecule has 6 rings (SSSR count). The first kappa shape index (κ1) is 24.3. The fourth-order valence-electron chi connectivity index (χ4n) is 4.62. The molecular weight excluding hydrogens is 487 g/mol. The van der Waals surface area contributed by atoms with Crippen LogP contribution in [-0.2, 0) is 0 Å². The summed E-state index contributed by atoms with van der Waals surface area (Å²) in [7, 11) is 0. The predicted molar refractivity (Wildman–Crippen MR) is 139 cm³/mol. The second-order valence-corrected chi connectivity index (χ2v) is 8.10. The summed E-state index contributed by atoms with van der Waals surface area (Å²) in [5, 5.41) is 14.9. The maximum atomic E-state index is 14.4. The van der Waals surface area contributed by atoms with Gasteiger partial charge in [0.25, 0.3) is 5.56 Å². The minimum Gasteiger partial charge on any atom is -0.345 e. The van der Waals surface area contributed by atoms with E-state index < -0.39 is 11.4 Å². The summed E-state index contributed by atoms with van der Waals surface area (Å²) in [5.41, 5.74) is 1.00. The molecule has 12 heteroatoms. The van der Waals surface area contributed by atoms with Crippen LogP contribution in [0.15, 0.2) is 59.9 Å². The van der Waals surface area contributed by atoms with Gasteiger partial charge < -0.3 is 9.88 Å². The van der Waals surface area contributed by atoms with Gasteiger partial charge in [-0.05, 0) is 18.2 Å². The van der Waals surface area contributed by atoms with Gasteiger partial charge in [-0.15, -0.1) is 0 Å². The fraction of sp³-hybridized carbons (Fsp3) is 0.174.